The first kappa shape index (κ1) is 60.7. The standard InChI is InChI=1S/C53H103N2O6P/c1-6-8-10-12-14-15-16-17-18-19-20-21-22-23-24-25-26-27-28-29-30-31-32-33-34-35-36-37-38-39-41-43-45-47-53(57)54-51(52(56)46-44-42-40-13-11-9-7-2)50-61-62(58,59)60-49-48-55(3,4)5/h16-17,19-20,22-23,51-52,56H,6-15,18,21,24-50H2,1-5H3,(H-,54,57,58,59)/b17-16-,20-19-,23-22-. The third kappa shape index (κ3) is 46.7. The molecule has 0 aromatic carbocycles. The molecule has 0 aromatic rings. The van der Waals surface area contributed by atoms with Gasteiger partial charge in [0, 0.05) is 6.42 Å². The largest absolute Gasteiger partial charge is 0.756 e. The Labute approximate surface area is 385 Å². The van der Waals surface area contributed by atoms with E-state index in [2.05, 4.69) is 55.6 Å². The highest BCUT2D eigenvalue weighted by Crippen LogP contribution is 2.38. The van der Waals surface area contributed by atoms with Crippen molar-refractivity contribution in [2.45, 2.75) is 257 Å². The maximum absolute atomic E-state index is 12.8. The average Bonchev–Trinajstić information content (AvgIpc) is 3.23. The predicted molar refractivity (Wildman–Crippen MR) is 265 cm³/mol. The van der Waals surface area contributed by atoms with E-state index in [-0.39, 0.29) is 19.1 Å². The minimum Gasteiger partial charge on any atom is -0.756 e. The summed E-state index contributed by atoms with van der Waals surface area (Å²) in [6.07, 6.45) is 56.4. The zero-order valence-corrected chi connectivity index (χ0v) is 42.5. The van der Waals surface area contributed by atoms with E-state index >= 15 is 0 Å². The van der Waals surface area contributed by atoms with E-state index in [0.29, 0.717) is 23.9 Å². The Morgan fingerprint density at radius 2 is 0.935 bits per heavy atom. The summed E-state index contributed by atoms with van der Waals surface area (Å²) in [6.45, 7) is 4.67. The molecule has 0 spiro atoms. The monoisotopic (exact) mass is 895 g/mol. The number of nitrogens with zero attached hydrogens (tertiary/aromatic N) is 1. The Bertz CT molecular complexity index is 1110. The molecule has 0 rings (SSSR count). The molecule has 2 N–H and O–H groups in total. The lowest BCUT2D eigenvalue weighted by Gasteiger charge is -2.30. The number of nitrogens with one attached hydrogen (secondary N) is 1. The summed E-state index contributed by atoms with van der Waals surface area (Å²) in [4.78, 5) is 25.3. The molecule has 0 fully saturated rings. The Balaban J connectivity index is 3.87. The second-order valence-electron chi connectivity index (χ2n) is 19.2. The third-order valence-corrected chi connectivity index (χ3v) is 12.8. The van der Waals surface area contributed by atoms with Crippen LogP contribution in [0.15, 0.2) is 36.5 Å². The van der Waals surface area contributed by atoms with Gasteiger partial charge in [0.25, 0.3) is 7.82 Å². The summed E-state index contributed by atoms with van der Waals surface area (Å²) in [6, 6.07) is -0.796. The Morgan fingerprint density at radius 3 is 1.35 bits per heavy atom. The summed E-state index contributed by atoms with van der Waals surface area (Å²) in [7, 11) is 1.31. The van der Waals surface area contributed by atoms with Crippen molar-refractivity contribution in [1.29, 1.82) is 0 Å². The summed E-state index contributed by atoms with van der Waals surface area (Å²) in [5.41, 5.74) is 0. The van der Waals surface area contributed by atoms with Crippen LogP contribution in [0.5, 0.6) is 0 Å². The molecule has 0 radical (unpaired) electrons. The van der Waals surface area contributed by atoms with Gasteiger partial charge >= 0.3 is 0 Å². The number of carbonyl (C=O) groups excluding carboxylic acids is 1. The Kier molecular flexibility index (Phi) is 44.0. The van der Waals surface area contributed by atoms with Crippen molar-refractivity contribution in [1.82, 2.24) is 5.32 Å². The van der Waals surface area contributed by atoms with Crippen LogP contribution in [0, 0.1) is 0 Å². The number of unbranched alkanes of at least 4 members (excludes halogenated alkanes) is 29. The maximum atomic E-state index is 12.8. The molecule has 0 aromatic heterocycles. The lowest BCUT2D eigenvalue weighted by molar-refractivity contribution is -0.870. The second-order valence-corrected chi connectivity index (χ2v) is 20.6. The summed E-state index contributed by atoms with van der Waals surface area (Å²) in [5.74, 6) is -0.167. The highest BCUT2D eigenvalue weighted by Gasteiger charge is 2.24. The number of rotatable bonds is 48. The van der Waals surface area contributed by atoms with Crippen LogP contribution in [0.4, 0.5) is 0 Å². The van der Waals surface area contributed by atoms with Crippen molar-refractivity contribution in [2.75, 3.05) is 40.9 Å². The first-order valence-corrected chi connectivity index (χ1v) is 27.8. The van der Waals surface area contributed by atoms with Crippen LogP contribution in [0.2, 0.25) is 0 Å². The van der Waals surface area contributed by atoms with Gasteiger partial charge in [0.2, 0.25) is 5.91 Å². The number of likely N-dealkylation sites (N-methyl/N-ethyl adjacent to an activating group) is 1. The van der Waals surface area contributed by atoms with Crippen molar-refractivity contribution in [3.8, 4) is 0 Å². The van der Waals surface area contributed by atoms with Crippen molar-refractivity contribution < 1.29 is 32.9 Å². The minimum absolute atomic E-state index is 0.0126. The first-order chi connectivity index (χ1) is 30.0. The number of carbonyl (C=O) groups is 1. The molecule has 0 bridgehead atoms. The molecule has 0 saturated heterocycles. The van der Waals surface area contributed by atoms with Gasteiger partial charge in [0.05, 0.1) is 39.9 Å². The van der Waals surface area contributed by atoms with Gasteiger partial charge in [-0.25, -0.2) is 0 Å². The van der Waals surface area contributed by atoms with Gasteiger partial charge in [-0.3, -0.25) is 9.36 Å². The fourth-order valence-corrected chi connectivity index (χ4v) is 8.42. The zero-order chi connectivity index (χ0) is 45.7. The van der Waals surface area contributed by atoms with Gasteiger partial charge in [-0.1, -0.05) is 224 Å². The molecule has 0 saturated carbocycles. The molecule has 3 unspecified atom stereocenters. The van der Waals surface area contributed by atoms with Crippen molar-refractivity contribution >= 4 is 13.7 Å². The number of hydrogen-bond acceptors (Lipinski definition) is 6. The summed E-state index contributed by atoms with van der Waals surface area (Å²) in [5, 5.41) is 13.8. The van der Waals surface area contributed by atoms with Crippen LogP contribution in [0.25, 0.3) is 0 Å². The van der Waals surface area contributed by atoms with E-state index in [9.17, 15) is 19.4 Å². The number of allylic oxidation sites excluding steroid dienone is 6. The quantitative estimate of drug-likeness (QED) is 0.0273. The molecule has 366 valence electrons. The van der Waals surface area contributed by atoms with E-state index in [4.69, 9.17) is 9.05 Å². The van der Waals surface area contributed by atoms with Crippen molar-refractivity contribution in [2.24, 2.45) is 0 Å². The van der Waals surface area contributed by atoms with Crippen LogP contribution in [-0.4, -0.2) is 68.5 Å². The average molecular weight is 895 g/mol. The molecular formula is C53H103N2O6P. The number of hydrogen-bond donors (Lipinski definition) is 2. The molecule has 0 aliphatic carbocycles. The van der Waals surface area contributed by atoms with Crippen molar-refractivity contribution in [3.63, 3.8) is 0 Å². The minimum atomic E-state index is -4.55. The van der Waals surface area contributed by atoms with Gasteiger partial charge in [-0.05, 0) is 51.4 Å². The van der Waals surface area contributed by atoms with Crippen LogP contribution in [-0.2, 0) is 18.4 Å². The van der Waals surface area contributed by atoms with E-state index in [0.717, 1.165) is 51.4 Å². The number of aliphatic hydroxyl groups excluding tert-OH is 1. The molecule has 0 aliphatic heterocycles. The van der Waals surface area contributed by atoms with Crippen LogP contribution in [0.3, 0.4) is 0 Å². The molecule has 9 heteroatoms. The van der Waals surface area contributed by atoms with E-state index in [1.54, 1.807) is 0 Å². The zero-order valence-electron chi connectivity index (χ0n) is 41.6. The highest BCUT2D eigenvalue weighted by molar-refractivity contribution is 7.45. The topological polar surface area (TPSA) is 108 Å². The maximum Gasteiger partial charge on any atom is 0.268 e. The third-order valence-electron chi connectivity index (χ3n) is 11.9. The fraction of sp³-hybridized carbons (Fsp3) is 0.868. The smallest absolute Gasteiger partial charge is 0.268 e. The number of phosphoric acid groups is 1. The predicted octanol–water partition coefficient (Wildman–Crippen LogP) is 14.8. The first-order valence-electron chi connectivity index (χ1n) is 26.3. The van der Waals surface area contributed by atoms with Gasteiger partial charge in [-0.2, -0.15) is 0 Å². The number of aliphatic hydroxyl groups is 1. The molecule has 0 aliphatic rings. The number of quaternary nitrogens is 1. The summed E-state index contributed by atoms with van der Waals surface area (Å²) >= 11 is 0. The second kappa shape index (κ2) is 44.9. The lowest BCUT2D eigenvalue weighted by atomic mass is 10.0. The molecule has 1 amide bonds. The highest BCUT2D eigenvalue weighted by atomic mass is 31.2. The molecule has 3 atom stereocenters. The SMILES string of the molecule is CCCCCCC/C=C\C/C=C\C/C=C\CCCCCCCCCCCCCCCCCCCCC(=O)NC(COP(=O)([O-])OCC[N+](C)(C)C)C(O)CCCCCCCCC. The van der Waals surface area contributed by atoms with Gasteiger partial charge in [0.15, 0.2) is 0 Å². The summed E-state index contributed by atoms with van der Waals surface area (Å²) < 4.78 is 23.2. The van der Waals surface area contributed by atoms with Crippen LogP contribution in [0.1, 0.15) is 245 Å². The molecule has 8 nitrogen and oxygen atoms in total. The molecular weight excluding hydrogens is 792 g/mol. The van der Waals surface area contributed by atoms with Crippen molar-refractivity contribution in [3.05, 3.63) is 36.5 Å². The number of amides is 1. The van der Waals surface area contributed by atoms with E-state index in [1.807, 2.05) is 21.1 Å². The van der Waals surface area contributed by atoms with E-state index < -0.39 is 20.0 Å². The normalized spacial score (nSPS) is 14.4. The molecule has 62 heavy (non-hydrogen) atoms. The lowest BCUT2D eigenvalue weighted by Crippen LogP contribution is -2.46. The van der Waals surface area contributed by atoms with Crippen LogP contribution >= 0.6 is 7.82 Å². The van der Waals surface area contributed by atoms with E-state index in [1.165, 1.54) is 167 Å². The van der Waals surface area contributed by atoms with Gasteiger partial charge in [-0.15, -0.1) is 0 Å². The number of phosphoric ester groups is 1. The Morgan fingerprint density at radius 1 is 0.565 bits per heavy atom. The Hall–Kier alpha value is -1.28. The molecule has 0 heterocycles. The van der Waals surface area contributed by atoms with Crippen LogP contribution < -0.4 is 10.2 Å². The van der Waals surface area contributed by atoms with Gasteiger partial charge < -0.3 is 28.8 Å². The van der Waals surface area contributed by atoms with Gasteiger partial charge in [0.1, 0.15) is 13.2 Å². The fourth-order valence-electron chi connectivity index (χ4n) is 7.69.